The minimum atomic E-state index is -0.373. The van der Waals surface area contributed by atoms with Gasteiger partial charge in [0.15, 0.2) is 11.5 Å². The maximum absolute atomic E-state index is 13.9. The summed E-state index contributed by atoms with van der Waals surface area (Å²) >= 11 is 6.05. The van der Waals surface area contributed by atoms with E-state index >= 15 is 0 Å². The molecule has 2 aromatic carbocycles. The second kappa shape index (κ2) is 10.3. The third-order valence-corrected chi connectivity index (χ3v) is 4.13. The average molecular weight is 366 g/mol. The van der Waals surface area contributed by atoms with Crippen molar-refractivity contribution in [1.29, 1.82) is 0 Å². The van der Waals surface area contributed by atoms with Crippen molar-refractivity contribution in [2.75, 3.05) is 13.2 Å². The minimum Gasteiger partial charge on any atom is -0.490 e. The Morgan fingerprint density at radius 3 is 2.64 bits per heavy atom. The van der Waals surface area contributed by atoms with Gasteiger partial charge < -0.3 is 14.8 Å². The van der Waals surface area contributed by atoms with Crippen LogP contribution in [0.3, 0.4) is 0 Å². The highest BCUT2D eigenvalue weighted by Crippen LogP contribution is 2.30. The number of benzene rings is 2. The number of hydrogen-bond acceptors (Lipinski definition) is 3. The molecule has 25 heavy (non-hydrogen) atoms. The van der Waals surface area contributed by atoms with Crippen molar-refractivity contribution < 1.29 is 13.9 Å². The third-order valence-electron chi connectivity index (χ3n) is 3.78. The number of nitrogens with one attached hydrogen (secondary N) is 1. The van der Waals surface area contributed by atoms with Crippen molar-refractivity contribution in [2.45, 2.75) is 39.8 Å². The van der Waals surface area contributed by atoms with Crippen LogP contribution < -0.4 is 14.8 Å². The van der Waals surface area contributed by atoms with Crippen LogP contribution in [-0.4, -0.2) is 13.2 Å². The van der Waals surface area contributed by atoms with Crippen LogP contribution in [0.5, 0.6) is 11.5 Å². The zero-order chi connectivity index (χ0) is 18.1. The van der Waals surface area contributed by atoms with Crippen LogP contribution in [0, 0.1) is 5.82 Å². The Labute approximate surface area is 154 Å². The molecule has 0 spiro atoms. The predicted molar refractivity (Wildman–Crippen MR) is 100.0 cm³/mol. The molecule has 0 aromatic heterocycles. The van der Waals surface area contributed by atoms with E-state index in [-0.39, 0.29) is 12.4 Å². The standard InChI is InChI=1S/C20H25ClFNO2/c1-3-5-11-23-13-15-9-10-19(20(12-15)24-4-2)25-14-16-17(21)7-6-8-18(16)22/h6-10,12,23H,3-5,11,13-14H2,1-2H3. The lowest BCUT2D eigenvalue weighted by Crippen LogP contribution is -2.14. The maximum Gasteiger partial charge on any atom is 0.161 e. The van der Waals surface area contributed by atoms with Gasteiger partial charge in [0, 0.05) is 12.1 Å². The second-order valence-corrected chi connectivity index (χ2v) is 6.14. The first-order valence-electron chi connectivity index (χ1n) is 8.67. The van der Waals surface area contributed by atoms with Crippen molar-refractivity contribution >= 4 is 11.6 Å². The zero-order valence-electron chi connectivity index (χ0n) is 14.8. The Bertz CT molecular complexity index is 658. The molecule has 3 nitrogen and oxygen atoms in total. The lowest BCUT2D eigenvalue weighted by atomic mass is 10.2. The summed E-state index contributed by atoms with van der Waals surface area (Å²) in [6.45, 7) is 6.44. The number of unbranched alkanes of at least 4 members (excludes halogenated alkanes) is 1. The predicted octanol–water partition coefficient (Wildman–Crippen LogP) is 5.35. The third kappa shape index (κ3) is 5.91. The van der Waals surface area contributed by atoms with E-state index in [9.17, 15) is 4.39 Å². The number of hydrogen-bond donors (Lipinski definition) is 1. The highest BCUT2D eigenvalue weighted by atomic mass is 35.5. The van der Waals surface area contributed by atoms with Gasteiger partial charge >= 0.3 is 0 Å². The molecular weight excluding hydrogens is 341 g/mol. The Hall–Kier alpha value is -1.78. The molecule has 0 bridgehead atoms. The highest BCUT2D eigenvalue weighted by Gasteiger charge is 2.11. The van der Waals surface area contributed by atoms with Gasteiger partial charge in [-0.05, 0) is 49.7 Å². The molecule has 136 valence electrons. The second-order valence-electron chi connectivity index (χ2n) is 5.73. The van der Waals surface area contributed by atoms with Crippen LogP contribution in [0.2, 0.25) is 5.02 Å². The van der Waals surface area contributed by atoms with Crippen LogP contribution in [0.25, 0.3) is 0 Å². The van der Waals surface area contributed by atoms with Crippen molar-refractivity contribution in [2.24, 2.45) is 0 Å². The van der Waals surface area contributed by atoms with Crippen molar-refractivity contribution in [3.63, 3.8) is 0 Å². The molecule has 0 unspecified atom stereocenters. The van der Waals surface area contributed by atoms with Crippen LogP contribution in [0.15, 0.2) is 36.4 Å². The largest absolute Gasteiger partial charge is 0.490 e. The fourth-order valence-corrected chi connectivity index (χ4v) is 2.62. The fourth-order valence-electron chi connectivity index (χ4n) is 2.40. The molecular formula is C20H25ClFNO2. The van der Waals surface area contributed by atoms with E-state index in [0.717, 1.165) is 25.1 Å². The van der Waals surface area contributed by atoms with Crippen LogP contribution in [-0.2, 0) is 13.2 Å². The summed E-state index contributed by atoms with van der Waals surface area (Å²) in [6.07, 6.45) is 2.32. The summed E-state index contributed by atoms with van der Waals surface area (Å²) in [7, 11) is 0. The van der Waals surface area contributed by atoms with E-state index in [1.165, 1.54) is 12.5 Å². The van der Waals surface area contributed by atoms with Crippen LogP contribution in [0.1, 0.15) is 37.8 Å². The summed E-state index contributed by atoms with van der Waals surface area (Å²) < 4.78 is 25.3. The van der Waals surface area contributed by atoms with Gasteiger partial charge in [0.1, 0.15) is 12.4 Å². The smallest absolute Gasteiger partial charge is 0.161 e. The summed E-state index contributed by atoms with van der Waals surface area (Å²) in [5.41, 5.74) is 1.47. The van der Waals surface area contributed by atoms with Gasteiger partial charge in [-0.3, -0.25) is 0 Å². The summed E-state index contributed by atoms with van der Waals surface area (Å²) in [5.74, 6) is 0.866. The number of halogens is 2. The zero-order valence-corrected chi connectivity index (χ0v) is 15.5. The summed E-state index contributed by atoms with van der Waals surface area (Å²) in [6, 6.07) is 10.4. The molecule has 0 atom stereocenters. The summed E-state index contributed by atoms with van der Waals surface area (Å²) in [5, 5.41) is 3.76. The Morgan fingerprint density at radius 2 is 1.92 bits per heavy atom. The van der Waals surface area contributed by atoms with Crippen molar-refractivity contribution in [3.05, 3.63) is 58.4 Å². The molecule has 0 fully saturated rings. The Morgan fingerprint density at radius 1 is 1.08 bits per heavy atom. The van der Waals surface area contributed by atoms with E-state index in [4.69, 9.17) is 21.1 Å². The van der Waals surface area contributed by atoms with Gasteiger partial charge in [0.25, 0.3) is 0 Å². The molecule has 0 amide bonds. The fraction of sp³-hybridized carbons (Fsp3) is 0.400. The van der Waals surface area contributed by atoms with Gasteiger partial charge in [-0.25, -0.2) is 4.39 Å². The molecule has 0 radical (unpaired) electrons. The molecule has 0 aliphatic rings. The van der Waals surface area contributed by atoms with Crippen LogP contribution >= 0.6 is 11.6 Å². The van der Waals surface area contributed by atoms with Gasteiger partial charge in [0.2, 0.25) is 0 Å². The maximum atomic E-state index is 13.9. The van der Waals surface area contributed by atoms with E-state index in [2.05, 4.69) is 12.2 Å². The average Bonchev–Trinajstić information content (AvgIpc) is 2.60. The normalized spacial score (nSPS) is 10.7. The van der Waals surface area contributed by atoms with E-state index in [0.29, 0.717) is 28.7 Å². The van der Waals surface area contributed by atoms with Crippen molar-refractivity contribution in [3.8, 4) is 11.5 Å². The van der Waals surface area contributed by atoms with E-state index in [1.54, 1.807) is 12.1 Å². The van der Waals surface area contributed by atoms with Crippen LogP contribution in [0.4, 0.5) is 4.39 Å². The molecule has 0 saturated carbocycles. The lowest BCUT2D eigenvalue weighted by molar-refractivity contribution is 0.265. The first kappa shape index (κ1) is 19.5. The van der Waals surface area contributed by atoms with Gasteiger partial charge in [-0.2, -0.15) is 0 Å². The number of rotatable bonds is 10. The first-order valence-corrected chi connectivity index (χ1v) is 9.05. The Kier molecular flexibility index (Phi) is 8.02. The Balaban J connectivity index is 2.06. The molecule has 0 heterocycles. The topological polar surface area (TPSA) is 30.5 Å². The van der Waals surface area contributed by atoms with Gasteiger partial charge in [0.05, 0.1) is 11.6 Å². The monoisotopic (exact) mass is 365 g/mol. The van der Waals surface area contributed by atoms with Gasteiger partial charge in [-0.15, -0.1) is 0 Å². The molecule has 0 aliphatic carbocycles. The summed E-state index contributed by atoms with van der Waals surface area (Å²) in [4.78, 5) is 0. The SMILES string of the molecule is CCCCNCc1ccc(OCc2c(F)cccc2Cl)c(OCC)c1. The molecule has 2 aromatic rings. The quantitative estimate of drug-likeness (QED) is 0.576. The van der Waals surface area contributed by atoms with Gasteiger partial charge in [-0.1, -0.05) is 37.1 Å². The number of ether oxygens (including phenoxy) is 2. The lowest BCUT2D eigenvalue weighted by Gasteiger charge is -2.14. The minimum absolute atomic E-state index is 0.0552. The van der Waals surface area contributed by atoms with Crippen molar-refractivity contribution in [1.82, 2.24) is 5.32 Å². The highest BCUT2D eigenvalue weighted by molar-refractivity contribution is 6.31. The first-order chi connectivity index (χ1) is 12.2. The van der Waals surface area contributed by atoms with E-state index in [1.807, 2.05) is 25.1 Å². The molecule has 0 aliphatic heterocycles. The molecule has 2 rings (SSSR count). The molecule has 5 heteroatoms. The molecule has 1 N–H and O–H groups in total. The molecule has 0 saturated heterocycles. The van der Waals surface area contributed by atoms with E-state index < -0.39 is 0 Å².